The van der Waals surface area contributed by atoms with Crippen molar-refractivity contribution in [2.75, 3.05) is 13.1 Å². The molecule has 1 aromatic rings. The van der Waals surface area contributed by atoms with Crippen molar-refractivity contribution in [2.24, 2.45) is 5.73 Å². The third-order valence-corrected chi connectivity index (χ3v) is 4.17. The number of carbonyl (C=O) groups excluding carboxylic acids is 1. The lowest BCUT2D eigenvalue weighted by Gasteiger charge is -2.28. The maximum Gasteiger partial charge on any atom is 0.410 e. The second-order valence-electron chi connectivity index (χ2n) is 6.72. The van der Waals surface area contributed by atoms with Crippen LogP contribution in [0.25, 0.3) is 0 Å². The minimum atomic E-state index is -0.564. The van der Waals surface area contributed by atoms with E-state index in [-0.39, 0.29) is 6.09 Å². The summed E-state index contributed by atoms with van der Waals surface area (Å²) < 4.78 is 5.41. The molecule has 0 aliphatic carbocycles. The molecule has 1 unspecified atom stereocenters. The maximum absolute atomic E-state index is 12.2. The van der Waals surface area contributed by atoms with Crippen LogP contribution in [0.1, 0.15) is 38.3 Å². The number of hydrogen-bond donors (Lipinski definition) is 1. The van der Waals surface area contributed by atoms with Crippen LogP contribution in [0.3, 0.4) is 0 Å². The fraction of sp³-hybridized carbons (Fsp3) is 0.562. The van der Waals surface area contributed by atoms with Crippen molar-refractivity contribution in [3.8, 4) is 0 Å². The van der Waals surface area contributed by atoms with Crippen LogP contribution >= 0.6 is 11.6 Å². The summed E-state index contributed by atoms with van der Waals surface area (Å²) in [6, 6.07) is 5.74. The Balaban J connectivity index is 2.17. The number of carbonyl (C=O) groups is 1. The van der Waals surface area contributed by atoms with E-state index in [1.807, 2.05) is 45.9 Å². The number of nitrogens with two attached hydrogens (primary N) is 1. The molecule has 4 nitrogen and oxygen atoms in total. The molecule has 1 atom stereocenters. The van der Waals surface area contributed by atoms with Gasteiger partial charge in [-0.05, 0) is 51.3 Å². The summed E-state index contributed by atoms with van der Waals surface area (Å²) in [5.41, 5.74) is 7.45. The van der Waals surface area contributed by atoms with E-state index in [1.165, 1.54) is 0 Å². The summed E-state index contributed by atoms with van der Waals surface area (Å²) in [5.74, 6) is 0. The fourth-order valence-electron chi connectivity index (χ4n) is 2.68. The highest BCUT2D eigenvalue weighted by Gasteiger charge is 2.40. The topological polar surface area (TPSA) is 55.6 Å². The monoisotopic (exact) mass is 310 g/mol. The summed E-state index contributed by atoms with van der Waals surface area (Å²) in [7, 11) is 0. The lowest BCUT2D eigenvalue weighted by molar-refractivity contribution is 0.0284. The van der Waals surface area contributed by atoms with E-state index in [9.17, 15) is 4.79 Å². The predicted octanol–water partition coefficient (Wildman–Crippen LogP) is 3.44. The number of nitrogens with zero attached hydrogens (tertiary/aromatic N) is 1. The molecule has 21 heavy (non-hydrogen) atoms. The Hall–Kier alpha value is -1.26. The van der Waals surface area contributed by atoms with Crippen LogP contribution in [0.2, 0.25) is 5.02 Å². The minimum absolute atomic E-state index is 0.311. The highest BCUT2D eigenvalue weighted by molar-refractivity contribution is 6.31. The first-order valence-corrected chi connectivity index (χ1v) is 7.53. The molecule has 1 heterocycles. The number of hydrogen-bond acceptors (Lipinski definition) is 3. The van der Waals surface area contributed by atoms with Crippen LogP contribution in [0, 0.1) is 6.92 Å². The van der Waals surface area contributed by atoms with Gasteiger partial charge in [0.25, 0.3) is 0 Å². The van der Waals surface area contributed by atoms with Crippen molar-refractivity contribution in [3.63, 3.8) is 0 Å². The van der Waals surface area contributed by atoms with Crippen LogP contribution < -0.4 is 5.73 Å². The zero-order valence-electron chi connectivity index (χ0n) is 13.1. The molecule has 0 saturated carbocycles. The molecule has 1 aliphatic rings. The fourth-order valence-corrected chi connectivity index (χ4v) is 2.86. The summed E-state index contributed by atoms with van der Waals surface area (Å²) >= 11 is 6.18. The summed E-state index contributed by atoms with van der Waals surface area (Å²) in [4.78, 5) is 13.8. The third kappa shape index (κ3) is 3.50. The number of rotatable bonds is 1. The number of halogens is 1. The van der Waals surface area contributed by atoms with Crippen LogP contribution in [-0.2, 0) is 10.3 Å². The van der Waals surface area contributed by atoms with E-state index in [0.717, 1.165) is 11.1 Å². The van der Waals surface area contributed by atoms with Gasteiger partial charge in [0.1, 0.15) is 5.60 Å². The zero-order valence-corrected chi connectivity index (χ0v) is 13.8. The zero-order chi connectivity index (χ0) is 15.8. The lowest BCUT2D eigenvalue weighted by atomic mass is 9.87. The first-order chi connectivity index (χ1) is 9.62. The van der Waals surface area contributed by atoms with Crippen LogP contribution in [0.15, 0.2) is 18.2 Å². The van der Waals surface area contributed by atoms with Crippen LogP contribution in [-0.4, -0.2) is 29.7 Å². The molecular formula is C16H23ClN2O2. The highest BCUT2D eigenvalue weighted by atomic mass is 35.5. The molecule has 1 aliphatic heterocycles. The van der Waals surface area contributed by atoms with Crippen molar-refractivity contribution in [3.05, 3.63) is 34.3 Å². The average Bonchev–Trinajstić information content (AvgIpc) is 2.74. The number of benzene rings is 1. The van der Waals surface area contributed by atoms with E-state index < -0.39 is 11.1 Å². The van der Waals surface area contributed by atoms with Gasteiger partial charge in [-0.1, -0.05) is 23.7 Å². The number of ether oxygens (including phenoxy) is 1. The molecule has 1 saturated heterocycles. The summed E-state index contributed by atoms with van der Waals surface area (Å²) in [6.07, 6.45) is 0.391. The molecular weight excluding hydrogens is 288 g/mol. The van der Waals surface area contributed by atoms with Gasteiger partial charge < -0.3 is 15.4 Å². The molecule has 1 amide bonds. The van der Waals surface area contributed by atoms with Crippen molar-refractivity contribution in [2.45, 2.75) is 45.3 Å². The summed E-state index contributed by atoms with van der Waals surface area (Å²) in [6.45, 7) is 8.58. The molecule has 0 spiro atoms. The molecule has 1 fully saturated rings. The average molecular weight is 311 g/mol. The van der Waals surface area contributed by atoms with Crippen molar-refractivity contribution >= 4 is 17.7 Å². The SMILES string of the molecule is Cc1c(Cl)cccc1C1(N)CCN(C(=O)OC(C)(C)C)C1. The Kier molecular flexibility index (Phi) is 4.22. The molecule has 0 bridgehead atoms. The summed E-state index contributed by atoms with van der Waals surface area (Å²) in [5, 5.41) is 0.702. The van der Waals surface area contributed by atoms with Gasteiger partial charge in [-0.2, -0.15) is 0 Å². The van der Waals surface area contributed by atoms with Gasteiger partial charge in [0, 0.05) is 18.1 Å². The van der Waals surface area contributed by atoms with Crippen molar-refractivity contribution in [1.29, 1.82) is 0 Å². The van der Waals surface area contributed by atoms with Crippen LogP contribution in [0.5, 0.6) is 0 Å². The van der Waals surface area contributed by atoms with E-state index in [0.29, 0.717) is 24.5 Å². The van der Waals surface area contributed by atoms with Gasteiger partial charge in [0.2, 0.25) is 0 Å². The quantitative estimate of drug-likeness (QED) is 0.864. The molecule has 5 heteroatoms. The molecule has 1 aromatic carbocycles. The number of likely N-dealkylation sites (tertiary alicyclic amines) is 1. The van der Waals surface area contributed by atoms with Crippen molar-refractivity contribution < 1.29 is 9.53 Å². The van der Waals surface area contributed by atoms with Gasteiger partial charge in [0.05, 0.1) is 5.54 Å². The molecule has 2 N–H and O–H groups in total. The van der Waals surface area contributed by atoms with Crippen LogP contribution in [0.4, 0.5) is 4.79 Å². The molecule has 0 radical (unpaired) electrons. The Morgan fingerprint density at radius 2 is 2.10 bits per heavy atom. The largest absolute Gasteiger partial charge is 0.444 e. The van der Waals surface area contributed by atoms with Gasteiger partial charge >= 0.3 is 6.09 Å². The molecule has 0 aromatic heterocycles. The van der Waals surface area contributed by atoms with Gasteiger partial charge in [0.15, 0.2) is 0 Å². The second kappa shape index (κ2) is 5.50. The third-order valence-electron chi connectivity index (χ3n) is 3.76. The van der Waals surface area contributed by atoms with Gasteiger partial charge in [-0.15, -0.1) is 0 Å². The first kappa shape index (κ1) is 16.1. The molecule has 116 valence electrons. The Labute approximate surface area is 131 Å². The Morgan fingerprint density at radius 1 is 1.43 bits per heavy atom. The normalized spacial score (nSPS) is 22.5. The Morgan fingerprint density at radius 3 is 2.71 bits per heavy atom. The van der Waals surface area contributed by atoms with Gasteiger partial charge in [-0.25, -0.2) is 4.79 Å². The Bertz CT molecular complexity index is 554. The predicted molar refractivity (Wildman–Crippen MR) is 84.5 cm³/mol. The lowest BCUT2D eigenvalue weighted by Crippen LogP contribution is -2.43. The maximum atomic E-state index is 12.2. The van der Waals surface area contributed by atoms with E-state index in [2.05, 4.69) is 0 Å². The van der Waals surface area contributed by atoms with E-state index >= 15 is 0 Å². The van der Waals surface area contributed by atoms with Crippen molar-refractivity contribution in [1.82, 2.24) is 4.90 Å². The highest BCUT2D eigenvalue weighted by Crippen LogP contribution is 2.34. The number of amides is 1. The first-order valence-electron chi connectivity index (χ1n) is 7.15. The van der Waals surface area contributed by atoms with Gasteiger partial charge in [-0.3, -0.25) is 0 Å². The minimum Gasteiger partial charge on any atom is -0.444 e. The standard InChI is InChI=1S/C16H23ClN2O2/c1-11-12(6-5-7-13(11)17)16(18)8-9-19(10-16)14(20)21-15(2,3)4/h5-7H,8-10,18H2,1-4H3. The second-order valence-corrected chi connectivity index (χ2v) is 7.13. The molecule has 2 rings (SSSR count). The van der Waals surface area contributed by atoms with E-state index in [4.69, 9.17) is 22.1 Å². The van der Waals surface area contributed by atoms with E-state index in [1.54, 1.807) is 4.90 Å². The smallest absolute Gasteiger partial charge is 0.410 e.